The normalized spacial score (nSPS) is 14.8. The number of hydrogen-bond donors (Lipinski definition) is 2. The average Bonchev–Trinajstić information content (AvgIpc) is 2.86. The molecule has 0 aliphatic heterocycles. The molecule has 0 bridgehead atoms. The van der Waals surface area contributed by atoms with Crippen molar-refractivity contribution in [2.45, 2.75) is 85.3 Å². The highest BCUT2D eigenvalue weighted by molar-refractivity contribution is 5.79. The van der Waals surface area contributed by atoms with Gasteiger partial charge in [0.1, 0.15) is 11.6 Å². The lowest BCUT2D eigenvalue weighted by Gasteiger charge is -2.28. The van der Waals surface area contributed by atoms with E-state index in [1.807, 2.05) is 27.7 Å². The van der Waals surface area contributed by atoms with Gasteiger partial charge in [0.25, 0.3) is 0 Å². The van der Waals surface area contributed by atoms with Gasteiger partial charge in [0.15, 0.2) is 11.5 Å². The first kappa shape index (κ1) is 32.7. The van der Waals surface area contributed by atoms with Crippen LogP contribution in [0.5, 0.6) is 11.5 Å². The van der Waals surface area contributed by atoms with E-state index in [0.717, 1.165) is 12.8 Å². The Hall–Kier alpha value is -3.34. The Morgan fingerprint density at radius 3 is 1.89 bits per heavy atom. The quantitative estimate of drug-likeness (QED) is 0.178. The lowest BCUT2D eigenvalue weighted by atomic mass is 9.86. The SMILES string of the molecule is CCC(=O)O[C@@H](C)CC(N)(Cc1ccc(OC(=O)OCC(C)CC)c(OC(=O)OCC(C)CC)c1)C(=O)O. The molecule has 0 saturated carbocycles. The van der Waals surface area contributed by atoms with Crippen LogP contribution in [-0.4, -0.2) is 54.2 Å². The van der Waals surface area contributed by atoms with Crippen LogP contribution in [0.4, 0.5) is 9.59 Å². The molecule has 214 valence electrons. The molecule has 3 unspecified atom stereocenters. The molecular formula is C27H41NO10. The largest absolute Gasteiger partial charge is 0.513 e. The molecule has 1 aromatic carbocycles. The predicted octanol–water partition coefficient (Wildman–Crippen LogP) is 4.87. The number of ether oxygens (including phenoxy) is 5. The number of benzene rings is 1. The van der Waals surface area contributed by atoms with Gasteiger partial charge in [0, 0.05) is 19.3 Å². The van der Waals surface area contributed by atoms with E-state index in [2.05, 4.69) is 0 Å². The number of carboxylic acid groups (broad SMARTS) is 1. The first-order valence-corrected chi connectivity index (χ1v) is 12.9. The molecule has 0 heterocycles. The van der Waals surface area contributed by atoms with Gasteiger partial charge >= 0.3 is 24.2 Å². The van der Waals surface area contributed by atoms with Crippen LogP contribution in [0.1, 0.15) is 72.8 Å². The predicted molar refractivity (Wildman–Crippen MR) is 138 cm³/mol. The third-order valence-electron chi connectivity index (χ3n) is 5.98. The average molecular weight is 540 g/mol. The summed E-state index contributed by atoms with van der Waals surface area (Å²) in [7, 11) is 0. The Labute approximate surface area is 223 Å². The maximum absolute atomic E-state index is 12.3. The molecular weight excluding hydrogens is 498 g/mol. The van der Waals surface area contributed by atoms with E-state index < -0.39 is 35.9 Å². The topological polar surface area (TPSA) is 161 Å². The molecule has 1 rings (SSSR count). The van der Waals surface area contributed by atoms with Gasteiger partial charge in [0.05, 0.1) is 13.2 Å². The summed E-state index contributed by atoms with van der Waals surface area (Å²) < 4.78 is 26.0. The summed E-state index contributed by atoms with van der Waals surface area (Å²) in [6, 6.07) is 4.18. The van der Waals surface area contributed by atoms with Crippen LogP contribution in [0.3, 0.4) is 0 Å². The van der Waals surface area contributed by atoms with E-state index in [0.29, 0.717) is 5.56 Å². The third kappa shape index (κ3) is 11.4. The lowest BCUT2D eigenvalue weighted by Crippen LogP contribution is -2.52. The smallest absolute Gasteiger partial charge is 0.480 e. The van der Waals surface area contributed by atoms with Crippen molar-refractivity contribution in [1.82, 2.24) is 0 Å². The highest BCUT2D eigenvalue weighted by Gasteiger charge is 2.37. The zero-order chi connectivity index (χ0) is 28.9. The van der Waals surface area contributed by atoms with Crippen LogP contribution in [0.15, 0.2) is 18.2 Å². The van der Waals surface area contributed by atoms with Gasteiger partial charge in [-0.3, -0.25) is 9.59 Å². The first-order valence-electron chi connectivity index (χ1n) is 12.9. The molecule has 0 spiro atoms. The summed E-state index contributed by atoms with van der Waals surface area (Å²) in [5, 5.41) is 9.84. The van der Waals surface area contributed by atoms with Crippen molar-refractivity contribution in [3.05, 3.63) is 23.8 Å². The second kappa shape index (κ2) is 15.8. The third-order valence-corrected chi connectivity index (χ3v) is 5.98. The Bertz CT molecular complexity index is 950. The minimum Gasteiger partial charge on any atom is -0.480 e. The van der Waals surface area contributed by atoms with E-state index in [4.69, 9.17) is 29.4 Å². The van der Waals surface area contributed by atoms with Gasteiger partial charge in [-0.2, -0.15) is 0 Å². The van der Waals surface area contributed by atoms with Crippen molar-refractivity contribution in [3.63, 3.8) is 0 Å². The van der Waals surface area contributed by atoms with E-state index in [1.54, 1.807) is 13.8 Å². The van der Waals surface area contributed by atoms with E-state index in [-0.39, 0.29) is 55.8 Å². The standard InChI is InChI=1S/C27H41NO10/c1-7-17(4)15-34-25(32)37-21-11-10-20(12-22(21)38-26(33)35-16-18(5)8-2)14-27(28,24(30)31)13-19(6)36-23(29)9-3/h10-12,17-19H,7-9,13-16,28H2,1-6H3,(H,30,31)/t17?,18?,19-,27?/m0/s1. The van der Waals surface area contributed by atoms with Crippen LogP contribution in [0, 0.1) is 11.8 Å². The molecule has 0 fully saturated rings. The zero-order valence-electron chi connectivity index (χ0n) is 23.1. The summed E-state index contributed by atoms with van der Waals surface area (Å²) in [6.07, 6.45) is -1.38. The van der Waals surface area contributed by atoms with Crippen molar-refractivity contribution >= 4 is 24.2 Å². The number of aliphatic carboxylic acids is 1. The summed E-state index contributed by atoms with van der Waals surface area (Å²) in [5.41, 5.74) is 4.77. The van der Waals surface area contributed by atoms with Crippen LogP contribution in [0.25, 0.3) is 0 Å². The van der Waals surface area contributed by atoms with Crippen molar-refractivity contribution in [2.75, 3.05) is 13.2 Å². The molecule has 38 heavy (non-hydrogen) atoms. The fourth-order valence-corrected chi connectivity index (χ4v) is 3.18. The van der Waals surface area contributed by atoms with Crippen LogP contribution in [-0.2, 0) is 30.2 Å². The van der Waals surface area contributed by atoms with Crippen molar-refractivity contribution in [3.8, 4) is 11.5 Å². The molecule has 3 N–H and O–H groups in total. The Balaban J connectivity index is 3.18. The lowest BCUT2D eigenvalue weighted by molar-refractivity contribution is -0.153. The fraction of sp³-hybridized carbons (Fsp3) is 0.630. The summed E-state index contributed by atoms with van der Waals surface area (Å²) >= 11 is 0. The van der Waals surface area contributed by atoms with Gasteiger partial charge in [-0.1, -0.05) is 53.5 Å². The molecule has 0 saturated heterocycles. The second-order valence-corrected chi connectivity index (χ2v) is 9.63. The van der Waals surface area contributed by atoms with Crippen molar-refractivity contribution in [2.24, 2.45) is 17.6 Å². The Kier molecular flexibility index (Phi) is 13.6. The molecule has 1 aromatic rings. The second-order valence-electron chi connectivity index (χ2n) is 9.63. The van der Waals surface area contributed by atoms with Crippen molar-refractivity contribution in [1.29, 1.82) is 0 Å². The summed E-state index contributed by atoms with van der Waals surface area (Å²) in [5.74, 6) is -1.83. The monoisotopic (exact) mass is 539 g/mol. The van der Waals surface area contributed by atoms with Crippen LogP contribution < -0.4 is 15.2 Å². The molecule has 0 aliphatic carbocycles. The van der Waals surface area contributed by atoms with Crippen LogP contribution in [0.2, 0.25) is 0 Å². The molecule has 0 radical (unpaired) electrons. The number of hydrogen-bond acceptors (Lipinski definition) is 10. The number of carbonyl (C=O) groups is 4. The molecule has 0 aromatic heterocycles. The highest BCUT2D eigenvalue weighted by Crippen LogP contribution is 2.31. The zero-order valence-corrected chi connectivity index (χ0v) is 23.1. The fourth-order valence-electron chi connectivity index (χ4n) is 3.18. The first-order chi connectivity index (χ1) is 17.8. The number of rotatable bonds is 15. The maximum atomic E-state index is 12.3. The minimum absolute atomic E-state index is 0.109. The number of carbonyl (C=O) groups excluding carboxylic acids is 3. The van der Waals surface area contributed by atoms with Gasteiger partial charge in [0.2, 0.25) is 0 Å². The molecule has 0 amide bonds. The summed E-state index contributed by atoms with van der Waals surface area (Å²) in [6.45, 7) is 11.2. The highest BCUT2D eigenvalue weighted by atomic mass is 16.7. The Morgan fingerprint density at radius 1 is 0.895 bits per heavy atom. The molecule has 4 atom stereocenters. The number of carboxylic acids is 1. The molecule has 11 heteroatoms. The van der Waals surface area contributed by atoms with E-state index >= 15 is 0 Å². The maximum Gasteiger partial charge on any atom is 0.513 e. The minimum atomic E-state index is -1.81. The van der Waals surface area contributed by atoms with Gasteiger partial charge < -0.3 is 34.5 Å². The van der Waals surface area contributed by atoms with Crippen molar-refractivity contribution < 1.29 is 48.0 Å². The van der Waals surface area contributed by atoms with Gasteiger partial charge in [-0.25, -0.2) is 9.59 Å². The number of nitrogens with two attached hydrogens (primary N) is 1. The van der Waals surface area contributed by atoms with Gasteiger partial charge in [-0.15, -0.1) is 0 Å². The Morgan fingerprint density at radius 2 is 1.42 bits per heavy atom. The molecule has 11 nitrogen and oxygen atoms in total. The van der Waals surface area contributed by atoms with Crippen LogP contribution >= 0.6 is 0 Å². The number of esters is 1. The molecule has 0 aliphatic rings. The summed E-state index contributed by atoms with van der Waals surface area (Å²) in [4.78, 5) is 48.2. The van der Waals surface area contributed by atoms with E-state index in [1.165, 1.54) is 18.2 Å². The van der Waals surface area contributed by atoms with E-state index in [9.17, 15) is 24.3 Å². The van der Waals surface area contributed by atoms with Gasteiger partial charge in [-0.05, 0) is 36.5 Å².